The molecular formula is C43H49IN2O5. The molecule has 51 heavy (non-hydrogen) atoms. The lowest BCUT2D eigenvalue weighted by Gasteiger charge is -2.49. The van der Waals surface area contributed by atoms with Crippen LogP contribution < -0.4 is 14.8 Å². The molecule has 0 saturated carbocycles. The number of aryl methyl sites for hydroxylation is 2. The number of halogens is 1. The number of rotatable bonds is 10. The summed E-state index contributed by atoms with van der Waals surface area (Å²) in [5, 5.41) is 2.93. The van der Waals surface area contributed by atoms with Crippen LogP contribution in [0.25, 0.3) is 0 Å². The molecule has 0 spiro atoms. The first-order chi connectivity index (χ1) is 24.2. The topological polar surface area (TPSA) is 84.9 Å². The summed E-state index contributed by atoms with van der Waals surface area (Å²) in [5.41, 5.74) is 8.14. The van der Waals surface area contributed by atoms with Crippen LogP contribution in [0.15, 0.2) is 83.2 Å². The largest absolute Gasteiger partial charge is 0.490 e. The third-order valence-corrected chi connectivity index (χ3v) is 11.1. The van der Waals surface area contributed by atoms with E-state index < -0.39 is 5.92 Å². The minimum atomic E-state index is -0.509. The van der Waals surface area contributed by atoms with E-state index in [-0.39, 0.29) is 34.9 Å². The van der Waals surface area contributed by atoms with Crippen molar-refractivity contribution < 1.29 is 23.9 Å². The number of ether oxygens (including phenoxy) is 2. The predicted molar refractivity (Wildman–Crippen MR) is 210 cm³/mol. The Balaban J connectivity index is 1.41. The average molecular weight is 801 g/mol. The number of anilines is 1. The second kappa shape index (κ2) is 14.6. The molecule has 0 radical (unpaired) electrons. The monoisotopic (exact) mass is 800 g/mol. The molecule has 0 fully saturated rings. The molecule has 0 aromatic heterocycles. The van der Waals surface area contributed by atoms with Crippen LogP contribution in [0, 0.1) is 28.2 Å². The number of hydrogen-bond acceptors (Lipinski definition) is 6. The summed E-state index contributed by atoms with van der Waals surface area (Å²) in [6, 6.07) is 20.1. The van der Waals surface area contributed by atoms with E-state index in [4.69, 9.17) is 9.47 Å². The van der Waals surface area contributed by atoms with Crippen LogP contribution in [0.5, 0.6) is 11.5 Å². The van der Waals surface area contributed by atoms with Gasteiger partial charge in [-0.1, -0.05) is 64.1 Å². The molecule has 268 valence electrons. The number of carbonyl (C=O) groups excluding carboxylic acids is 3. The SMILES string of the molecule is CCOc1cc(C2C3=C(CC(C)(C)CC3=O)N(CCc3ccccc3)C3=C2C(=O)CC(C)(C)C3)cc(I)c1OCC(=O)Nc1ccc(C)c(C)c1. The molecule has 1 N–H and O–H groups in total. The van der Waals surface area contributed by atoms with Gasteiger partial charge in [0.2, 0.25) is 0 Å². The number of allylic oxidation sites excluding steroid dienone is 4. The van der Waals surface area contributed by atoms with Crippen LogP contribution >= 0.6 is 22.6 Å². The lowest BCUT2D eigenvalue weighted by molar-refractivity contribution is -0.120. The van der Waals surface area contributed by atoms with Gasteiger partial charge >= 0.3 is 0 Å². The number of nitrogens with zero attached hydrogens (tertiary/aromatic N) is 1. The Labute approximate surface area is 316 Å². The maximum Gasteiger partial charge on any atom is 0.262 e. The van der Waals surface area contributed by atoms with Crippen molar-refractivity contribution in [3.8, 4) is 11.5 Å². The molecule has 3 aliphatic rings. The van der Waals surface area contributed by atoms with Crippen LogP contribution in [-0.4, -0.2) is 42.1 Å². The highest BCUT2D eigenvalue weighted by atomic mass is 127. The quantitative estimate of drug-likeness (QED) is 0.206. The number of Topliss-reactive ketones (excluding diaryl/α,β-unsaturated/α-hetero) is 2. The van der Waals surface area contributed by atoms with E-state index >= 15 is 0 Å². The predicted octanol–water partition coefficient (Wildman–Crippen LogP) is 9.25. The molecule has 1 aliphatic heterocycles. The molecular weight excluding hydrogens is 751 g/mol. The zero-order valence-corrected chi connectivity index (χ0v) is 33.0. The van der Waals surface area contributed by atoms with Crippen molar-refractivity contribution in [2.75, 3.05) is 25.1 Å². The number of amides is 1. The van der Waals surface area contributed by atoms with Crippen molar-refractivity contribution in [1.82, 2.24) is 4.90 Å². The van der Waals surface area contributed by atoms with Crippen LogP contribution in [0.1, 0.15) is 88.5 Å². The van der Waals surface area contributed by atoms with Gasteiger partial charge in [0.1, 0.15) is 0 Å². The number of hydrogen-bond donors (Lipinski definition) is 1. The fourth-order valence-electron chi connectivity index (χ4n) is 7.85. The average Bonchev–Trinajstić information content (AvgIpc) is 3.04. The van der Waals surface area contributed by atoms with Crippen LogP contribution in [0.4, 0.5) is 5.69 Å². The van der Waals surface area contributed by atoms with Crippen molar-refractivity contribution in [3.05, 3.63) is 109 Å². The van der Waals surface area contributed by atoms with E-state index in [0.29, 0.717) is 43.2 Å². The normalized spacial score (nSPS) is 18.4. The first kappa shape index (κ1) is 36.9. The van der Waals surface area contributed by atoms with Crippen molar-refractivity contribution in [3.63, 3.8) is 0 Å². The maximum atomic E-state index is 14.4. The molecule has 3 aromatic rings. The van der Waals surface area contributed by atoms with E-state index in [1.807, 2.05) is 57.2 Å². The molecule has 2 aliphatic carbocycles. The van der Waals surface area contributed by atoms with Gasteiger partial charge in [0.15, 0.2) is 29.7 Å². The third-order valence-electron chi connectivity index (χ3n) is 10.3. The van der Waals surface area contributed by atoms with E-state index in [0.717, 1.165) is 62.1 Å². The molecule has 3 aromatic carbocycles. The Kier molecular flexibility index (Phi) is 10.6. The van der Waals surface area contributed by atoms with E-state index in [1.54, 1.807) is 0 Å². The van der Waals surface area contributed by atoms with Gasteiger partial charge in [0, 0.05) is 53.5 Å². The summed E-state index contributed by atoms with van der Waals surface area (Å²) in [7, 11) is 0. The summed E-state index contributed by atoms with van der Waals surface area (Å²) in [4.78, 5) is 44.0. The highest BCUT2D eigenvalue weighted by Crippen LogP contribution is 2.55. The Hall–Kier alpha value is -3.92. The second-order valence-corrected chi connectivity index (χ2v) is 17.0. The van der Waals surface area contributed by atoms with Gasteiger partial charge < -0.3 is 19.7 Å². The summed E-state index contributed by atoms with van der Waals surface area (Å²) in [6.45, 7) is 15.5. The van der Waals surface area contributed by atoms with Gasteiger partial charge in [-0.05, 0) is 120 Å². The lowest BCUT2D eigenvalue weighted by Crippen LogP contribution is -2.45. The Morgan fingerprint density at radius 3 is 2.06 bits per heavy atom. The summed E-state index contributed by atoms with van der Waals surface area (Å²) < 4.78 is 13.0. The van der Waals surface area contributed by atoms with Crippen LogP contribution in [-0.2, 0) is 20.8 Å². The molecule has 0 saturated heterocycles. The summed E-state index contributed by atoms with van der Waals surface area (Å²) in [5.74, 6) is 0.352. The second-order valence-electron chi connectivity index (χ2n) is 15.8. The van der Waals surface area contributed by atoms with Gasteiger partial charge in [-0.2, -0.15) is 0 Å². The zero-order valence-electron chi connectivity index (χ0n) is 30.9. The summed E-state index contributed by atoms with van der Waals surface area (Å²) in [6.07, 6.45) is 3.14. The van der Waals surface area contributed by atoms with Crippen LogP contribution in [0.3, 0.4) is 0 Å². The first-order valence-electron chi connectivity index (χ1n) is 18.0. The number of nitrogens with one attached hydrogen (secondary N) is 1. The fourth-order valence-corrected chi connectivity index (χ4v) is 8.63. The molecule has 8 heteroatoms. The van der Waals surface area contributed by atoms with Crippen LogP contribution in [0.2, 0.25) is 0 Å². The number of carbonyl (C=O) groups is 3. The van der Waals surface area contributed by atoms with Gasteiger partial charge in [-0.3, -0.25) is 14.4 Å². The molecule has 1 heterocycles. The molecule has 0 atom stereocenters. The van der Waals surface area contributed by atoms with Gasteiger partial charge in [-0.15, -0.1) is 0 Å². The third kappa shape index (κ3) is 7.96. The maximum absolute atomic E-state index is 14.4. The highest BCUT2D eigenvalue weighted by Gasteiger charge is 2.49. The minimum Gasteiger partial charge on any atom is -0.490 e. The van der Waals surface area contributed by atoms with Gasteiger partial charge in [0.25, 0.3) is 5.91 Å². The number of ketones is 2. The van der Waals surface area contributed by atoms with Gasteiger partial charge in [0.05, 0.1) is 10.2 Å². The fraction of sp³-hybridized carbons (Fsp3) is 0.419. The summed E-state index contributed by atoms with van der Waals surface area (Å²) >= 11 is 2.22. The molecule has 0 bridgehead atoms. The van der Waals surface area contributed by atoms with Crippen molar-refractivity contribution in [1.29, 1.82) is 0 Å². The van der Waals surface area contributed by atoms with E-state index in [2.05, 4.69) is 84.8 Å². The number of benzene rings is 3. The Morgan fingerprint density at radius 2 is 1.47 bits per heavy atom. The molecule has 0 unspecified atom stereocenters. The highest BCUT2D eigenvalue weighted by molar-refractivity contribution is 14.1. The minimum absolute atomic E-state index is 0.0939. The van der Waals surface area contributed by atoms with Crippen molar-refractivity contribution in [2.45, 2.75) is 86.5 Å². The Bertz CT molecular complexity index is 1890. The zero-order chi connectivity index (χ0) is 36.7. The lowest BCUT2D eigenvalue weighted by atomic mass is 9.63. The molecule has 6 rings (SSSR count). The first-order valence-corrected chi connectivity index (χ1v) is 19.0. The van der Waals surface area contributed by atoms with E-state index in [9.17, 15) is 14.4 Å². The smallest absolute Gasteiger partial charge is 0.262 e. The van der Waals surface area contributed by atoms with Gasteiger partial charge in [-0.25, -0.2) is 0 Å². The Morgan fingerprint density at radius 1 is 0.843 bits per heavy atom. The van der Waals surface area contributed by atoms with Crippen molar-refractivity contribution >= 4 is 45.8 Å². The molecule has 7 nitrogen and oxygen atoms in total. The molecule has 1 amide bonds. The van der Waals surface area contributed by atoms with Crippen molar-refractivity contribution in [2.24, 2.45) is 10.8 Å². The standard InChI is InChI=1S/C43H49IN2O5/c1-8-50-36-20-29(19-31(44)41(36)51-25-37(49)45-30-15-14-26(2)27(3)18-30)38-39-32(21-42(4,5)23-34(39)47)46(17-16-28-12-10-9-11-13-28)33-22-43(6,7)24-35(48)40(33)38/h9-15,18-20,38H,8,16-17,21-25H2,1-7H3,(H,45,49). The van der Waals surface area contributed by atoms with E-state index in [1.165, 1.54) is 5.56 Å².